The highest BCUT2D eigenvalue weighted by Crippen LogP contribution is 2.37. The zero-order valence-electron chi connectivity index (χ0n) is 19.3. The lowest BCUT2D eigenvalue weighted by Gasteiger charge is -2.35. The van der Waals surface area contributed by atoms with Gasteiger partial charge in [0, 0.05) is 43.0 Å². The molecule has 3 aliphatic rings. The van der Waals surface area contributed by atoms with Crippen LogP contribution in [0.25, 0.3) is 22.1 Å². The molecule has 1 aliphatic heterocycles. The number of piperazine rings is 1. The Balaban J connectivity index is 1.11. The predicted molar refractivity (Wildman–Crippen MR) is 130 cm³/mol. The molecule has 0 spiro atoms. The van der Waals surface area contributed by atoms with Gasteiger partial charge >= 0.3 is 0 Å². The Kier molecular flexibility index (Phi) is 5.14. The van der Waals surface area contributed by atoms with Gasteiger partial charge in [-0.05, 0) is 61.1 Å². The average Bonchev–Trinajstić information content (AvgIpc) is 3.83. The third-order valence-corrected chi connectivity index (χ3v) is 7.22. The van der Waals surface area contributed by atoms with E-state index in [9.17, 15) is 19.5 Å². The van der Waals surface area contributed by atoms with Crippen LogP contribution in [0.5, 0.6) is 0 Å². The van der Waals surface area contributed by atoms with E-state index in [0.717, 1.165) is 29.4 Å². The van der Waals surface area contributed by atoms with Gasteiger partial charge in [0.05, 0.1) is 5.69 Å². The molecule has 0 unspecified atom stereocenters. The van der Waals surface area contributed by atoms with E-state index < -0.39 is 5.60 Å². The number of aliphatic hydroxyl groups is 1. The highest BCUT2D eigenvalue weighted by atomic mass is 16.3. The molecule has 0 atom stereocenters. The maximum absolute atomic E-state index is 13.0. The van der Waals surface area contributed by atoms with Crippen molar-refractivity contribution in [2.24, 2.45) is 5.92 Å². The van der Waals surface area contributed by atoms with Crippen LogP contribution in [0.3, 0.4) is 0 Å². The summed E-state index contributed by atoms with van der Waals surface area (Å²) in [7, 11) is 0. The zero-order chi connectivity index (χ0) is 24.2. The average molecular weight is 474 g/mol. The standard InChI is InChI=1S/C27H27N3O5/c31-24(18-3-4-18)28-22-16-35-23-15-20(7-8-21(22)23)17-1-5-19(6-2-17)25(32)29-11-13-30(14-12-29)26(33)27(34)9-10-27/h1-2,5-8,15-16,18,34H,3-4,9-14H2,(H,28,31). The molecule has 35 heavy (non-hydrogen) atoms. The SMILES string of the molecule is O=C(Nc1coc2cc(-c3ccc(C(=O)N4CCN(C(=O)C5(O)CC5)CC4)cc3)ccc12)C1CC1. The van der Waals surface area contributed by atoms with Gasteiger partial charge in [0.1, 0.15) is 17.4 Å². The minimum Gasteiger partial charge on any atom is -0.462 e. The van der Waals surface area contributed by atoms with Gasteiger partial charge in [0.2, 0.25) is 5.91 Å². The van der Waals surface area contributed by atoms with E-state index in [-0.39, 0.29) is 23.6 Å². The number of rotatable bonds is 5. The largest absolute Gasteiger partial charge is 0.462 e. The Bertz CT molecular complexity index is 1310. The lowest BCUT2D eigenvalue weighted by atomic mass is 10.0. The van der Waals surface area contributed by atoms with Crippen LogP contribution in [0.2, 0.25) is 0 Å². The Morgan fingerprint density at radius 3 is 2.23 bits per heavy atom. The van der Waals surface area contributed by atoms with Crippen molar-refractivity contribution in [1.29, 1.82) is 0 Å². The second-order valence-corrected chi connectivity index (χ2v) is 9.82. The lowest BCUT2D eigenvalue weighted by molar-refractivity contribution is -0.143. The molecule has 2 N–H and O–H groups in total. The Morgan fingerprint density at radius 1 is 0.914 bits per heavy atom. The molecule has 2 saturated carbocycles. The number of carbonyl (C=O) groups excluding carboxylic acids is 3. The van der Waals surface area contributed by atoms with Crippen molar-refractivity contribution < 1.29 is 23.9 Å². The van der Waals surface area contributed by atoms with E-state index in [0.29, 0.717) is 55.9 Å². The summed E-state index contributed by atoms with van der Waals surface area (Å²) in [4.78, 5) is 40.8. The molecule has 2 aliphatic carbocycles. The molecular weight excluding hydrogens is 446 g/mol. The molecule has 0 bridgehead atoms. The maximum Gasteiger partial charge on any atom is 0.254 e. The molecule has 1 saturated heterocycles. The first-order chi connectivity index (χ1) is 16.9. The summed E-state index contributed by atoms with van der Waals surface area (Å²) in [5.41, 5.74) is 2.73. The second-order valence-electron chi connectivity index (χ2n) is 9.82. The fourth-order valence-corrected chi connectivity index (χ4v) is 4.61. The van der Waals surface area contributed by atoms with E-state index >= 15 is 0 Å². The number of furan rings is 1. The van der Waals surface area contributed by atoms with Crippen molar-refractivity contribution in [3.63, 3.8) is 0 Å². The first kappa shape index (κ1) is 21.9. The molecule has 180 valence electrons. The van der Waals surface area contributed by atoms with Gasteiger partial charge in [-0.25, -0.2) is 0 Å². The fraction of sp³-hybridized carbons (Fsp3) is 0.370. The van der Waals surface area contributed by atoms with Crippen LogP contribution >= 0.6 is 0 Å². The summed E-state index contributed by atoms with van der Waals surface area (Å²) in [6, 6.07) is 13.3. The van der Waals surface area contributed by atoms with E-state index in [4.69, 9.17) is 4.42 Å². The van der Waals surface area contributed by atoms with E-state index in [1.165, 1.54) is 0 Å². The molecule has 2 heterocycles. The lowest BCUT2D eigenvalue weighted by Crippen LogP contribution is -2.53. The third-order valence-electron chi connectivity index (χ3n) is 7.22. The monoisotopic (exact) mass is 473 g/mol. The van der Waals surface area contributed by atoms with Crippen LogP contribution < -0.4 is 5.32 Å². The van der Waals surface area contributed by atoms with Gasteiger partial charge in [0.25, 0.3) is 11.8 Å². The molecule has 3 fully saturated rings. The number of nitrogens with zero attached hydrogens (tertiary/aromatic N) is 2. The van der Waals surface area contributed by atoms with Crippen LogP contribution in [0.1, 0.15) is 36.0 Å². The first-order valence-corrected chi connectivity index (χ1v) is 12.1. The highest BCUT2D eigenvalue weighted by molar-refractivity contribution is 6.03. The third kappa shape index (κ3) is 4.18. The van der Waals surface area contributed by atoms with Gasteiger partial charge < -0.3 is 24.6 Å². The Hall–Kier alpha value is -3.65. The summed E-state index contributed by atoms with van der Waals surface area (Å²) in [6.45, 7) is 1.79. The van der Waals surface area contributed by atoms with Crippen LogP contribution in [0.4, 0.5) is 5.69 Å². The van der Waals surface area contributed by atoms with Gasteiger partial charge in [-0.15, -0.1) is 0 Å². The fourth-order valence-electron chi connectivity index (χ4n) is 4.61. The molecule has 3 amide bonds. The van der Waals surface area contributed by atoms with Crippen molar-refractivity contribution >= 4 is 34.4 Å². The van der Waals surface area contributed by atoms with Crippen LogP contribution in [-0.2, 0) is 9.59 Å². The molecule has 1 aromatic heterocycles. The Morgan fingerprint density at radius 2 is 1.57 bits per heavy atom. The number of carbonyl (C=O) groups is 3. The summed E-state index contributed by atoms with van der Waals surface area (Å²) >= 11 is 0. The number of amides is 3. The van der Waals surface area contributed by atoms with Gasteiger partial charge in [-0.3, -0.25) is 14.4 Å². The maximum atomic E-state index is 13.0. The molecule has 2 aromatic carbocycles. The Labute approximate surface area is 202 Å². The van der Waals surface area contributed by atoms with Crippen LogP contribution in [0.15, 0.2) is 53.1 Å². The zero-order valence-corrected chi connectivity index (χ0v) is 19.3. The number of hydrogen-bond donors (Lipinski definition) is 2. The topological polar surface area (TPSA) is 103 Å². The van der Waals surface area contributed by atoms with E-state index in [1.54, 1.807) is 16.1 Å². The molecular formula is C27H27N3O5. The smallest absolute Gasteiger partial charge is 0.254 e. The summed E-state index contributed by atoms with van der Waals surface area (Å²) in [5, 5.41) is 13.9. The van der Waals surface area contributed by atoms with Gasteiger partial charge in [0.15, 0.2) is 0 Å². The van der Waals surface area contributed by atoms with Crippen LogP contribution in [-0.4, -0.2) is 64.4 Å². The van der Waals surface area contributed by atoms with Gasteiger partial charge in [-0.1, -0.05) is 18.2 Å². The van der Waals surface area contributed by atoms with Crippen molar-refractivity contribution in [2.45, 2.75) is 31.3 Å². The predicted octanol–water partition coefficient (Wildman–Crippen LogP) is 3.26. The minimum absolute atomic E-state index is 0.0465. The second kappa shape index (κ2) is 8.23. The molecule has 8 heteroatoms. The minimum atomic E-state index is -1.16. The summed E-state index contributed by atoms with van der Waals surface area (Å²) < 4.78 is 5.68. The van der Waals surface area contributed by atoms with Crippen molar-refractivity contribution in [3.05, 3.63) is 54.3 Å². The number of benzene rings is 2. The van der Waals surface area contributed by atoms with Crippen molar-refractivity contribution in [3.8, 4) is 11.1 Å². The number of anilines is 1. The normalized spacial score (nSPS) is 19.0. The summed E-state index contributed by atoms with van der Waals surface area (Å²) in [6.07, 6.45) is 4.54. The quantitative estimate of drug-likeness (QED) is 0.592. The van der Waals surface area contributed by atoms with Crippen molar-refractivity contribution in [1.82, 2.24) is 9.80 Å². The summed E-state index contributed by atoms with van der Waals surface area (Å²) in [5.74, 6) is -0.0984. The number of hydrogen-bond acceptors (Lipinski definition) is 5. The highest BCUT2D eigenvalue weighted by Gasteiger charge is 2.50. The first-order valence-electron chi connectivity index (χ1n) is 12.1. The van der Waals surface area contributed by atoms with Crippen molar-refractivity contribution in [2.75, 3.05) is 31.5 Å². The molecule has 0 radical (unpaired) electrons. The molecule has 8 nitrogen and oxygen atoms in total. The van der Waals surface area contributed by atoms with Crippen LogP contribution in [0, 0.1) is 5.92 Å². The molecule has 3 aromatic rings. The van der Waals surface area contributed by atoms with E-state index in [2.05, 4.69) is 5.32 Å². The van der Waals surface area contributed by atoms with Gasteiger partial charge in [-0.2, -0.15) is 0 Å². The number of fused-ring (bicyclic) bond motifs is 1. The number of nitrogens with one attached hydrogen (secondary N) is 1. The molecule has 6 rings (SSSR count). The van der Waals surface area contributed by atoms with E-state index in [1.807, 2.05) is 42.5 Å².